The van der Waals surface area contributed by atoms with Crippen molar-refractivity contribution in [1.82, 2.24) is 0 Å². The van der Waals surface area contributed by atoms with Gasteiger partial charge in [0.05, 0.1) is 22.4 Å². The zero-order chi connectivity index (χ0) is 13.9. The van der Waals surface area contributed by atoms with Crippen LogP contribution in [0.2, 0.25) is 0 Å². The number of ether oxygens (including phenoxy) is 1. The topological polar surface area (TPSA) is 69.4 Å². The third kappa shape index (κ3) is 3.94. The Hall–Kier alpha value is -0.590. The Kier molecular flexibility index (Phi) is 4.86. The van der Waals surface area contributed by atoms with Crippen LogP contribution in [0.15, 0.2) is 27.6 Å². The van der Waals surface area contributed by atoms with Crippen molar-refractivity contribution in [3.8, 4) is 0 Å². The Morgan fingerprint density at radius 2 is 2.21 bits per heavy atom. The maximum atomic E-state index is 12.2. The number of sulfone groups is 1. The third-order valence-electron chi connectivity index (χ3n) is 3.27. The average Bonchev–Trinajstić information content (AvgIpc) is 2.81. The monoisotopic (exact) mass is 347 g/mol. The van der Waals surface area contributed by atoms with Crippen molar-refractivity contribution in [2.24, 2.45) is 0 Å². The number of anilines is 1. The Morgan fingerprint density at radius 1 is 1.42 bits per heavy atom. The summed E-state index contributed by atoms with van der Waals surface area (Å²) in [6.45, 7) is 0.803. The van der Waals surface area contributed by atoms with Crippen LogP contribution < -0.4 is 5.73 Å². The summed E-state index contributed by atoms with van der Waals surface area (Å²) < 4.78 is 30.7. The maximum Gasteiger partial charge on any atom is 0.180 e. The van der Waals surface area contributed by atoms with Gasteiger partial charge in [0, 0.05) is 11.1 Å². The first-order valence-electron chi connectivity index (χ1n) is 6.38. The van der Waals surface area contributed by atoms with Gasteiger partial charge >= 0.3 is 0 Å². The lowest BCUT2D eigenvalue weighted by Crippen LogP contribution is -2.12. The van der Waals surface area contributed by atoms with Crippen molar-refractivity contribution in [2.45, 2.75) is 36.7 Å². The van der Waals surface area contributed by atoms with Gasteiger partial charge in [-0.1, -0.05) is 15.9 Å². The summed E-state index contributed by atoms with van der Waals surface area (Å²) in [6, 6.07) is 4.87. The molecule has 1 atom stereocenters. The summed E-state index contributed by atoms with van der Waals surface area (Å²) in [4.78, 5) is 0.225. The fraction of sp³-hybridized carbons (Fsp3) is 0.538. The van der Waals surface area contributed by atoms with Crippen LogP contribution in [-0.2, 0) is 14.6 Å². The lowest BCUT2D eigenvalue weighted by atomic mass is 10.1. The summed E-state index contributed by atoms with van der Waals surface area (Å²) in [6.07, 6.45) is 3.77. The molecule has 6 heteroatoms. The lowest BCUT2D eigenvalue weighted by molar-refractivity contribution is 0.104. The molecule has 0 spiro atoms. The van der Waals surface area contributed by atoms with Crippen molar-refractivity contribution in [3.05, 3.63) is 22.7 Å². The zero-order valence-electron chi connectivity index (χ0n) is 10.6. The standard InChI is InChI=1S/C13H18BrNO3S/c14-10-5-6-13(12(15)9-10)19(16,17)8-2-4-11-3-1-7-18-11/h5-6,9,11H,1-4,7-8,15H2. The number of nitrogen functional groups attached to an aromatic ring is 1. The Labute approximate surface area is 122 Å². The molecule has 106 valence electrons. The SMILES string of the molecule is Nc1cc(Br)ccc1S(=O)(=O)CCCC1CCCO1. The Bertz CT molecular complexity index is 539. The second-order valence-corrected chi connectivity index (χ2v) is 7.77. The second-order valence-electron chi connectivity index (χ2n) is 4.78. The van der Waals surface area contributed by atoms with Gasteiger partial charge in [-0.05, 0) is 43.9 Å². The number of hydrogen-bond acceptors (Lipinski definition) is 4. The largest absolute Gasteiger partial charge is 0.398 e. The van der Waals surface area contributed by atoms with E-state index in [0.717, 1.165) is 30.3 Å². The fourth-order valence-electron chi connectivity index (χ4n) is 2.29. The molecule has 0 aliphatic carbocycles. The molecule has 1 aromatic rings. The van der Waals surface area contributed by atoms with Crippen LogP contribution in [0.1, 0.15) is 25.7 Å². The first-order valence-corrected chi connectivity index (χ1v) is 8.83. The quantitative estimate of drug-likeness (QED) is 0.831. The first kappa shape index (κ1) is 14.8. The van der Waals surface area contributed by atoms with Crippen LogP contribution in [0, 0.1) is 0 Å². The summed E-state index contributed by atoms with van der Waals surface area (Å²) >= 11 is 3.27. The van der Waals surface area contributed by atoms with Crippen LogP contribution in [0.3, 0.4) is 0 Å². The number of benzene rings is 1. The minimum Gasteiger partial charge on any atom is -0.398 e. The van der Waals surface area contributed by atoms with Crippen LogP contribution >= 0.6 is 15.9 Å². The van der Waals surface area contributed by atoms with Crippen molar-refractivity contribution in [1.29, 1.82) is 0 Å². The molecule has 19 heavy (non-hydrogen) atoms. The molecule has 0 amide bonds. The van der Waals surface area contributed by atoms with Crippen LogP contribution in [0.25, 0.3) is 0 Å². The molecule has 0 aromatic heterocycles. The highest BCUT2D eigenvalue weighted by Gasteiger charge is 2.20. The summed E-state index contributed by atoms with van der Waals surface area (Å²) in [5.74, 6) is 0.124. The second kappa shape index (κ2) is 6.24. The van der Waals surface area contributed by atoms with Gasteiger partial charge in [0.25, 0.3) is 0 Å². The Morgan fingerprint density at radius 3 is 2.84 bits per heavy atom. The van der Waals surface area contributed by atoms with E-state index in [1.807, 2.05) is 0 Å². The number of hydrogen-bond donors (Lipinski definition) is 1. The van der Waals surface area contributed by atoms with Gasteiger partial charge in [-0.15, -0.1) is 0 Å². The van der Waals surface area contributed by atoms with Crippen LogP contribution in [-0.4, -0.2) is 26.9 Å². The van der Waals surface area contributed by atoms with Crippen molar-refractivity contribution < 1.29 is 13.2 Å². The smallest absolute Gasteiger partial charge is 0.180 e. The number of halogens is 1. The van der Waals surface area contributed by atoms with Crippen LogP contribution in [0.5, 0.6) is 0 Å². The summed E-state index contributed by atoms with van der Waals surface area (Å²) in [5.41, 5.74) is 6.07. The van der Waals surface area contributed by atoms with Gasteiger partial charge in [-0.25, -0.2) is 8.42 Å². The van der Waals surface area contributed by atoms with E-state index < -0.39 is 9.84 Å². The highest BCUT2D eigenvalue weighted by Crippen LogP contribution is 2.25. The normalized spacial score (nSPS) is 19.7. The van der Waals surface area contributed by atoms with Gasteiger partial charge < -0.3 is 10.5 Å². The molecule has 0 bridgehead atoms. The minimum absolute atomic E-state index is 0.124. The number of nitrogens with two attached hydrogens (primary N) is 1. The molecule has 1 aliphatic heterocycles. The zero-order valence-corrected chi connectivity index (χ0v) is 13.0. The molecule has 0 saturated carbocycles. The molecular formula is C13H18BrNO3S. The molecule has 1 unspecified atom stereocenters. The molecule has 2 N–H and O–H groups in total. The van der Waals surface area contributed by atoms with E-state index in [9.17, 15) is 8.42 Å². The van der Waals surface area contributed by atoms with Gasteiger partial charge in [-0.2, -0.15) is 0 Å². The van der Waals surface area contributed by atoms with Gasteiger partial charge in [0.15, 0.2) is 9.84 Å². The van der Waals surface area contributed by atoms with Crippen LogP contribution in [0.4, 0.5) is 5.69 Å². The first-order chi connectivity index (χ1) is 8.99. The van der Waals surface area contributed by atoms with Gasteiger partial charge in [-0.3, -0.25) is 0 Å². The van der Waals surface area contributed by atoms with Crippen molar-refractivity contribution >= 4 is 31.5 Å². The molecule has 1 aromatic carbocycles. The molecule has 1 aliphatic rings. The summed E-state index contributed by atoms with van der Waals surface area (Å²) in [5, 5.41) is 0. The van der Waals surface area contributed by atoms with E-state index in [1.54, 1.807) is 18.2 Å². The molecule has 1 saturated heterocycles. The van der Waals surface area contributed by atoms with Gasteiger partial charge in [0.2, 0.25) is 0 Å². The van der Waals surface area contributed by atoms with E-state index >= 15 is 0 Å². The van der Waals surface area contributed by atoms with E-state index in [1.165, 1.54) is 0 Å². The van der Waals surface area contributed by atoms with Crippen molar-refractivity contribution in [2.75, 3.05) is 18.1 Å². The molecule has 0 radical (unpaired) electrons. The predicted octanol–water partition coefficient (Wildman–Crippen LogP) is 2.76. The maximum absolute atomic E-state index is 12.2. The molecule has 1 heterocycles. The minimum atomic E-state index is -3.30. The number of rotatable bonds is 5. The summed E-state index contributed by atoms with van der Waals surface area (Å²) in [7, 11) is -3.30. The molecule has 2 rings (SSSR count). The molecule has 4 nitrogen and oxygen atoms in total. The van der Waals surface area contributed by atoms with E-state index in [2.05, 4.69) is 15.9 Å². The highest BCUT2D eigenvalue weighted by molar-refractivity contribution is 9.10. The third-order valence-corrected chi connectivity index (χ3v) is 5.63. The molecule has 1 fully saturated rings. The average molecular weight is 348 g/mol. The predicted molar refractivity (Wildman–Crippen MR) is 78.8 cm³/mol. The van der Waals surface area contributed by atoms with Crippen molar-refractivity contribution in [3.63, 3.8) is 0 Å². The Balaban J connectivity index is 1.97. The van der Waals surface area contributed by atoms with E-state index in [-0.39, 0.29) is 16.8 Å². The lowest BCUT2D eigenvalue weighted by Gasteiger charge is -2.10. The van der Waals surface area contributed by atoms with Gasteiger partial charge in [0.1, 0.15) is 0 Å². The van der Waals surface area contributed by atoms with E-state index in [0.29, 0.717) is 12.1 Å². The fourth-order valence-corrected chi connectivity index (χ4v) is 4.12. The highest BCUT2D eigenvalue weighted by atomic mass is 79.9. The van der Waals surface area contributed by atoms with E-state index in [4.69, 9.17) is 10.5 Å². The molecular weight excluding hydrogens is 330 g/mol.